The van der Waals surface area contributed by atoms with Crippen LogP contribution in [0.1, 0.15) is 6.42 Å². The molecule has 0 spiro atoms. The molecule has 1 atom stereocenters. The lowest BCUT2D eigenvalue weighted by Crippen LogP contribution is -2.33. The van der Waals surface area contributed by atoms with Crippen LogP contribution in [0.25, 0.3) is 21.3 Å². The Morgan fingerprint density at radius 3 is 2.96 bits per heavy atom. The van der Waals surface area contributed by atoms with Crippen LogP contribution in [0, 0.1) is 5.92 Å². The summed E-state index contributed by atoms with van der Waals surface area (Å²) in [7, 11) is 5.11. The fourth-order valence-electron chi connectivity index (χ4n) is 3.42. The summed E-state index contributed by atoms with van der Waals surface area (Å²) in [6.45, 7) is 2.08. The van der Waals surface area contributed by atoms with Crippen molar-refractivity contribution in [3.8, 4) is 17.0 Å². The second kappa shape index (κ2) is 7.72. The topological polar surface area (TPSA) is 94.4 Å². The number of aryl methyl sites for hydroxylation is 1. The number of methoxy groups -OCH3 is 2. The molecule has 1 unspecified atom stereocenters. The average Bonchev–Trinajstić information content (AvgIpc) is 3.40. The van der Waals surface area contributed by atoms with Crippen LogP contribution in [0.5, 0.6) is 5.88 Å². The SMILES string of the molecule is COCC1CCN(C(=O)Nc2nc3c(OC)ncc(-c4cnn(C)c4)c3s2)C1. The normalized spacial score (nSPS) is 16.7. The number of hydrogen-bond acceptors (Lipinski definition) is 7. The number of fused-ring (bicyclic) bond motifs is 1. The number of nitrogens with zero attached hydrogens (tertiary/aromatic N) is 5. The maximum Gasteiger partial charge on any atom is 0.323 e. The smallest absolute Gasteiger partial charge is 0.323 e. The lowest BCUT2D eigenvalue weighted by molar-refractivity contribution is 0.154. The Hall–Kier alpha value is -2.72. The largest absolute Gasteiger partial charge is 0.479 e. The van der Waals surface area contributed by atoms with Gasteiger partial charge in [-0.15, -0.1) is 0 Å². The Bertz CT molecular complexity index is 1000. The first-order chi connectivity index (χ1) is 13.6. The second-order valence-corrected chi connectivity index (χ2v) is 7.77. The van der Waals surface area contributed by atoms with Gasteiger partial charge in [-0.25, -0.2) is 14.8 Å². The third-order valence-electron chi connectivity index (χ3n) is 4.78. The molecule has 0 radical (unpaired) electrons. The zero-order valence-electron chi connectivity index (χ0n) is 16.0. The molecule has 4 rings (SSSR count). The van der Waals surface area contributed by atoms with Gasteiger partial charge < -0.3 is 14.4 Å². The Balaban J connectivity index is 1.61. The number of pyridine rings is 1. The molecule has 1 fully saturated rings. The van der Waals surface area contributed by atoms with E-state index in [1.54, 1.807) is 36.2 Å². The molecule has 3 aromatic heterocycles. The molecule has 0 aliphatic carbocycles. The van der Waals surface area contributed by atoms with Gasteiger partial charge in [0, 0.05) is 56.7 Å². The number of likely N-dealkylation sites (tertiary alicyclic amines) is 1. The van der Waals surface area contributed by atoms with E-state index in [2.05, 4.69) is 20.4 Å². The molecule has 3 aromatic rings. The molecule has 148 valence electrons. The number of carbonyl (C=O) groups excluding carboxylic acids is 1. The molecule has 0 saturated carbocycles. The number of ether oxygens (including phenoxy) is 2. The fraction of sp³-hybridized carbons (Fsp3) is 0.444. The van der Waals surface area contributed by atoms with Crippen molar-refractivity contribution in [1.29, 1.82) is 0 Å². The van der Waals surface area contributed by atoms with Crippen molar-refractivity contribution in [2.24, 2.45) is 13.0 Å². The van der Waals surface area contributed by atoms with Gasteiger partial charge in [0.15, 0.2) is 5.13 Å². The average molecular weight is 402 g/mol. The van der Waals surface area contributed by atoms with Crippen molar-refractivity contribution in [1.82, 2.24) is 24.6 Å². The highest BCUT2D eigenvalue weighted by atomic mass is 32.1. The lowest BCUT2D eigenvalue weighted by Gasteiger charge is -2.16. The molecule has 1 aliphatic heterocycles. The fourth-order valence-corrected chi connectivity index (χ4v) is 4.40. The molecule has 0 aromatic carbocycles. The number of carbonyl (C=O) groups is 1. The standard InChI is InChI=1S/C18H22N6O3S/c1-23-9-12(6-20-23)13-7-19-16(27-3)14-15(13)28-17(21-14)22-18(25)24-5-4-11(8-24)10-26-2/h6-7,9,11H,4-5,8,10H2,1-3H3,(H,21,22,25). The molecule has 10 heteroatoms. The molecule has 1 aliphatic rings. The first-order valence-electron chi connectivity index (χ1n) is 8.96. The van der Waals surface area contributed by atoms with Crippen molar-refractivity contribution < 1.29 is 14.3 Å². The van der Waals surface area contributed by atoms with Gasteiger partial charge in [0.1, 0.15) is 5.52 Å². The number of anilines is 1. The number of hydrogen-bond donors (Lipinski definition) is 1. The summed E-state index contributed by atoms with van der Waals surface area (Å²) >= 11 is 1.40. The van der Waals surface area contributed by atoms with Crippen molar-refractivity contribution in [2.45, 2.75) is 6.42 Å². The highest BCUT2D eigenvalue weighted by Gasteiger charge is 2.27. The van der Waals surface area contributed by atoms with E-state index >= 15 is 0 Å². The predicted octanol–water partition coefficient (Wildman–Crippen LogP) is 2.60. The van der Waals surface area contributed by atoms with Crippen LogP contribution in [-0.4, -0.2) is 64.6 Å². The summed E-state index contributed by atoms with van der Waals surface area (Å²) in [5, 5.41) is 7.67. The summed E-state index contributed by atoms with van der Waals surface area (Å²) in [6, 6.07) is -0.146. The number of amides is 2. The summed E-state index contributed by atoms with van der Waals surface area (Å²) in [6.07, 6.45) is 6.39. The van der Waals surface area contributed by atoms with Crippen LogP contribution in [0.2, 0.25) is 0 Å². The quantitative estimate of drug-likeness (QED) is 0.705. The summed E-state index contributed by atoms with van der Waals surface area (Å²) in [5.74, 6) is 0.813. The first kappa shape index (κ1) is 18.6. The molecule has 0 bridgehead atoms. The summed E-state index contributed by atoms with van der Waals surface area (Å²) < 4.78 is 13.2. The zero-order valence-corrected chi connectivity index (χ0v) is 16.8. The first-order valence-corrected chi connectivity index (χ1v) is 9.78. The maximum atomic E-state index is 12.6. The van der Waals surface area contributed by atoms with E-state index in [1.807, 2.05) is 13.2 Å². The number of aromatic nitrogens is 4. The Morgan fingerprint density at radius 2 is 2.25 bits per heavy atom. The molecule has 1 saturated heterocycles. The molecule has 1 N–H and O–H groups in total. The van der Waals surface area contributed by atoms with E-state index < -0.39 is 0 Å². The minimum Gasteiger partial charge on any atom is -0.479 e. The van der Waals surface area contributed by atoms with Gasteiger partial charge in [-0.05, 0) is 6.42 Å². The van der Waals surface area contributed by atoms with Gasteiger partial charge in [0.05, 0.1) is 24.6 Å². The molecular formula is C18H22N6O3S. The number of urea groups is 1. The van der Waals surface area contributed by atoms with Gasteiger partial charge in [0.25, 0.3) is 0 Å². The van der Waals surface area contributed by atoms with Gasteiger partial charge in [-0.2, -0.15) is 5.10 Å². The van der Waals surface area contributed by atoms with E-state index in [0.29, 0.717) is 35.6 Å². The molecular weight excluding hydrogens is 380 g/mol. The lowest BCUT2D eigenvalue weighted by atomic mass is 10.1. The van der Waals surface area contributed by atoms with E-state index in [9.17, 15) is 4.79 Å². The summed E-state index contributed by atoms with van der Waals surface area (Å²) in [5.41, 5.74) is 2.47. The van der Waals surface area contributed by atoms with E-state index in [4.69, 9.17) is 9.47 Å². The third-order valence-corrected chi connectivity index (χ3v) is 5.79. The van der Waals surface area contributed by atoms with Crippen LogP contribution < -0.4 is 10.1 Å². The van der Waals surface area contributed by atoms with Gasteiger partial charge in [-0.1, -0.05) is 11.3 Å². The van der Waals surface area contributed by atoms with Gasteiger partial charge in [-0.3, -0.25) is 10.00 Å². The van der Waals surface area contributed by atoms with Crippen LogP contribution in [0.15, 0.2) is 18.6 Å². The minimum atomic E-state index is -0.146. The van der Waals surface area contributed by atoms with Crippen molar-refractivity contribution in [3.63, 3.8) is 0 Å². The molecule has 2 amide bonds. The second-order valence-electron chi connectivity index (χ2n) is 6.77. The third kappa shape index (κ3) is 3.52. The number of thiazole rings is 1. The van der Waals surface area contributed by atoms with Crippen LogP contribution in [-0.2, 0) is 11.8 Å². The van der Waals surface area contributed by atoms with E-state index in [0.717, 1.165) is 28.8 Å². The van der Waals surface area contributed by atoms with Crippen LogP contribution in [0.4, 0.5) is 9.93 Å². The van der Waals surface area contributed by atoms with Gasteiger partial charge in [0.2, 0.25) is 5.88 Å². The summed E-state index contributed by atoms with van der Waals surface area (Å²) in [4.78, 5) is 23.4. The van der Waals surface area contributed by atoms with Crippen molar-refractivity contribution in [3.05, 3.63) is 18.6 Å². The number of nitrogens with one attached hydrogen (secondary N) is 1. The monoisotopic (exact) mass is 402 g/mol. The Labute approximate surface area is 166 Å². The Morgan fingerprint density at radius 1 is 1.39 bits per heavy atom. The van der Waals surface area contributed by atoms with Gasteiger partial charge >= 0.3 is 6.03 Å². The predicted molar refractivity (Wildman–Crippen MR) is 107 cm³/mol. The van der Waals surface area contributed by atoms with Crippen molar-refractivity contribution >= 4 is 32.7 Å². The maximum absolute atomic E-state index is 12.6. The van der Waals surface area contributed by atoms with E-state index in [1.165, 1.54) is 11.3 Å². The van der Waals surface area contributed by atoms with Crippen molar-refractivity contribution in [2.75, 3.05) is 39.2 Å². The Kier molecular flexibility index (Phi) is 5.14. The molecule has 4 heterocycles. The minimum absolute atomic E-state index is 0.146. The highest BCUT2D eigenvalue weighted by Crippen LogP contribution is 2.38. The molecule has 28 heavy (non-hydrogen) atoms. The van der Waals surface area contributed by atoms with Crippen LogP contribution >= 0.6 is 11.3 Å². The molecule has 9 nitrogen and oxygen atoms in total. The van der Waals surface area contributed by atoms with Crippen LogP contribution in [0.3, 0.4) is 0 Å². The highest BCUT2D eigenvalue weighted by molar-refractivity contribution is 7.23. The zero-order chi connectivity index (χ0) is 19.7. The van der Waals surface area contributed by atoms with E-state index in [-0.39, 0.29) is 6.03 Å². The number of rotatable bonds is 5.